The minimum absolute atomic E-state index is 0.0874. The number of rotatable bonds is 8. The molecule has 1 atom stereocenters. The lowest BCUT2D eigenvalue weighted by molar-refractivity contribution is -0.147. The summed E-state index contributed by atoms with van der Waals surface area (Å²) in [7, 11) is 1.66. The van der Waals surface area contributed by atoms with Gasteiger partial charge in [-0.15, -0.1) is 0 Å². The third-order valence-electron chi connectivity index (χ3n) is 4.86. The number of likely N-dealkylation sites (tertiary alicyclic amines) is 1. The highest BCUT2D eigenvalue weighted by Gasteiger charge is 2.41. The summed E-state index contributed by atoms with van der Waals surface area (Å²) < 4.78 is 5.14. The van der Waals surface area contributed by atoms with Crippen molar-refractivity contribution < 1.29 is 19.4 Å². The van der Waals surface area contributed by atoms with E-state index in [0.717, 1.165) is 31.4 Å². The molecule has 24 heavy (non-hydrogen) atoms. The Morgan fingerprint density at radius 2 is 1.92 bits per heavy atom. The Labute approximate surface area is 143 Å². The van der Waals surface area contributed by atoms with Crippen LogP contribution < -0.4 is 4.74 Å². The smallest absolute Gasteiger partial charge is 0.311 e. The van der Waals surface area contributed by atoms with Gasteiger partial charge in [-0.2, -0.15) is 0 Å². The average Bonchev–Trinajstić information content (AvgIpc) is 2.99. The van der Waals surface area contributed by atoms with E-state index in [4.69, 9.17) is 4.74 Å². The Morgan fingerprint density at radius 1 is 1.21 bits per heavy atom. The summed E-state index contributed by atoms with van der Waals surface area (Å²) in [6.07, 6.45) is 4.96. The van der Waals surface area contributed by atoms with E-state index in [-0.39, 0.29) is 5.91 Å². The fraction of sp³-hybridized carbons (Fsp3) is 0.579. The molecule has 0 spiro atoms. The molecule has 0 saturated carbocycles. The van der Waals surface area contributed by atoms with E-state index in [2.05, 4.69) is 12.1 Å². The maximum Gasteiger partial charge on any atom is 0.311 e. The molecule has 1 heterocycles. The molecule has 1 amide bonds. The number of methoxy groups -OCH3 is 1. The van der Waals surface area contributed by atoms with Crippen molar-refractivity contribution in [2.45, 2.75) is 45.4 Å². The molecule has 0 aromatic heterocycles. The van der Waals surface area contributed by atoms with Crippen LogP contribution in [-0.4, -0.2) is 42.1 Å². The Kier molecular flexibility index (Phi) is 6.23. The summed E-state index contributed by atoms with van der Waals surface area (Å²) >= 11 is 0. The number of nitrogens with zero attached hydrogens (tertiary/aromatic N) is 1. The van der Waals surface area contributed by atoms with Gasteiger partial charge in [-0.05, 0) is 50.3 Å². The molecule has 0 aliphatic carbocycles. The van der Waals surface area contributed by atoms with Crippen molar-refractivity contribution in [2.75, 3.05) is 20.2 Å². The summed E-state index contributed by atoms with van der Waals surface area (Å²) in [5.74, 6) is 0.144. The lowest BCUT2D eigenvalue weighted by Gasteiger charge is -2.20. The number of ether oxygens (including phenoxy) is 1. The van der Waals surface area contributed by atoms with Crippen molar-refractivity contribution in [1.82, 2.24) is 4.90 Å². The van der Waals surface area contributed by atoms with E-state index in [1.165, 1.54) is 5.56 Å². The zero-order valence-corrected chi connectivity index (χ0v) is 14.6. The Balaban J connectivity index is 1.63. The second kappa shape index (κ2) is 8.18. The zero-order chi connectivity index (χ0) is 17.6. The highest BCUT2D eigenvalue weighted by atomic mass is 16.5. The molecular weight excluding hydrogens is 306 g/mol. The van der Waals surface area contributed by atoms with Crippen molar-refractivity contribution in [2.24, 2.45) is 5.41 Å². The number of carbonyl (C=O) groups excluding carboxylic acids is 1. The normalized spacial score (nSPS) is 20.2. The number of aliphatic carboxylic acids is 1. The standard InChI is InChI=1S/C19H27NO4/c1-19(18(22)23)12-13-20(14-19)17(21)7-5-3-4-6-15-8-10-16(24-2)11-9-15/h8-11H,3-7,12-14H2,1-2H3,(H,22,23)/t19-/m0/s1. The number of amides is 1. The van der Waals surface area contributed by atoms with Crippen molar-refractivity contribution in [3.63, 3.8) is 0 Å². The van der Waals surface area contributed by atoms with Gasteiger partial charge in [0.2, 0.25) is 5.91 Å². The predicted molar refractivity (Wildman–Crippen MR) is 92.1 cm³/mol. The summed E-state index contributed by atoms with van der Waals surface area (Å²) in [6, 6.07) is 8.07. The molecule has 1 aliphatic rings. The molecule has 132 valence electrons. The van der Waals surface area contributed by atoms with Crippen LogP contribution >= 0.6 is 0 Å². The quantitative estimate of drug-likeness (QED) is 0.742. The van der Waals surface area contributed by atoms with Crippen LogP contribution in [0.15, 0.2) is 24.3 Å². The number of benzene rings is 1. The number of carbonyl (C=O) groups is 2. The Morgan fingerprint density at radius 3 is 2.50 bits per heavy atom. The first-order chi connectivity index (χ1) is 11.4. The number of aryl methyl sites for hydroxylation is 1. The van der Waals surface area contributed by atoms with E-state index in [1.807, 2.05) is 12.1 Å². The molecular formula is C19H27NO4. The maximum atomic E-state index is 12.2. The fourth-order valence-corrected chi connectivity index (χ4v) is 3.08. The van der Waals surface area contributed by atoms with Gasteiger partial charge < -0.3 is 14.7 Å². The van der Waals surface area contributed by atoms with Gasteiger partial charge in [0.15, 0.2) is 0 Å². The van der Waals surface area contributed by atoms with Gasteiger partial charge in [0, 0.05) is 19.5 Å². The molecule has 2 rings (SSSR count). The molecule has 0 bridgehead atoms. The Hall–Kier alpha value is -2.04. The summed E-state index contributed by atoms with van der Waals surface area (Å²) in [4.78, 5) is 25.1. The number of hydrogen-bond acceptors (Lipinski definition) is 3. The summed E-state index contributed by atoms with van der Waals surface area (Å²) in [5, 5.41) is 9.21. The predicted octanol–water partition coefficient (Wildman–Crippen LogP) is 3.12. The van der Waals surface area contributed by atoms with Crippen LogP contribution in [0.5, 0.6) is 5.75 Å². The molecule has 0 radical (unpaired) electrons. The Bertz CT molecular complexity index is 569. The SMILES string of the molecule is COc1ccc(CCCCCC(=O)N2CC[C@](C)(C(=O)O)C2)cc1. The first-order valence-corrected chi connectivity index (χ1v) is 8.59. The van der Waals surface area contributed by atoms with Gasteiger partial charge in [-0.3, -0.25) is 9.59 Å². The number of unbranched alkanes of at least 4 members (excludes halogenated alkanes) is 2. The van der Waals surface area contributed by atoms with Crippen molar-refractivity contribution in [1.29, 1.82) is 0 Å². The molecule has 1 aromatic carbocycles. The second-order valence-electron chi connectivity index (χ2n) is 6.84. The number of hydrogen-bond donors (Lipinski definition) is 1. The van der Waals surface area contributed by atoms with Crippen LogP contribution in [0.3, 0.4) is 0 Å². The molecule has 0 unspecified atom stereocenters. The minimum atomic E-state index is -0.808. The molecule has 1 saturated heterocycles. The summed E-state index contributed by atoms with van der Waals surface area (Å²) in [5.41, 5.74) is 0.503. The first kappa shape index (κ1) is 18.3. The molecule has 5 nitrogen and oxygen atoms in total. The van der Waals surface area contributed by atoms with Crippen LogP contribution in [0.25, 0.3) is 0 Å². The van der Waals surface area contributed by atoms with Gasteiger partial charge in [-0.25, -0.2) is 0 Å². The van der Waals surface area contributed by atoms with Crippen molar-refractivity contribution in [3.05, 3.63) is 29.8 Å². The lowest BCUT2D eigenvalue weighted by Crippen LogP contribution is -2.34. The van der Waals surface area contributed by atoms with Gasteiger partial charge in [-0.1, -0.05) is 18.6 Å². The fourth-order valence-electron chi connectivity index (χ4n) is 3.08. The van der Waals surface area contributed by atoms with E-state index in [1.54, 1.807) is 18.9 Å². The highest BCUT2D eigenvalue weighted by molar-refractivity contribution is 5.80. The first-order valence-electron chi connectivity index (χ1n) is 8.59. The van der Waals surface area contributed by atoms with Crippen LogP contribution in [0, 0.1) is 5.41 Å². The van der Waals surface area contributed by atoms with Crippen LogP contribution in [0.1, 0.15) is 44.6 Å². The molecule has 1 fully saturated rings. The highest BCUT2D eigenvalue weighted by Crippen LogP contribution is 2.30. The number of carboxylic acids is 1. The molecule has 5 heteroatoms. The summed E-state index contributed by atoms with van der Waals surface area (Å²) in [6.45, 7) is 2.62. The molecule has 1 N–H and O–H groups in total. The third kappa shape index (κ3) is 4.73. The molecule has 1 aliphatic heterocycles. The van der Waals surface area contributed by atoms with Crippen LogP contribution in [-0.2, 0) is 16.0 Å². The van der Waals surface area contributed by atoms with Gasteiger partial charge >= 0.3 is 5.97 Å². The third-order valence-corrected chi connectivity index (χ3v) is 4.86. The van der Waals surface area contributed by atoms with Gasteiger partial charge in [0.1, 0.15) is 5.75 Å². The van der Waals surface area contributed by atoms with Gasteiger partial charge in [0.25, 0.3) is 0 Å². The zero-order valence-electron chi connectivity index (χ0n) is 14.6. The largest absolute Gasteiger partial charge is 0.497 e. The van der Waals surface area contributed by atoms with Crippen molar-refractivity contribution >= 4 is 11.9 Å². The van der Waals surface area contributed by atoms with E-state index in [0.29, 0.717) is 25.9 Å². The minimum Gasteiger partial charge on any atom is -0.497 e. The maximum absolute atomic E-state index is 12.2. The monoisotopic (exact) mass is 333 g/mol. The molecule has 1 aromatic rings. The van der Waals surface area contributed by atoms with Gasteiger partial charge in [0.05, 0.1) is 12.5 Å². The topological polar surface area (TPSA) is 66.8 Å². The average molecular weight is 333 g/mol. The van der Waals surface area contributed by atoms with E-state index < -0.39 is 11.4 Å². The van der Waals surface area contributed by atoms with E-state index >= 15 is 0 Å². The number of carboxylic acid groups (broad SMARTS) is 1. The second-order valence-corrected chi connectivity index (χ2v) is 6.84. The lowest BCUT2D eigenvalue weighted by atomic mass is 9.90. The van der Waals surface area contributed by atoms with Crippen LogP contribution in [0.4, 0.5) is 0 Å². The van der Waals surface area contributed by atoms with Crippen molar-refractivity contribution in [3.8, 4) is 5.75 Å². The van der Waals surface area contributed by atoms with E-state index in [9.17, 15) is 14.7 Å². The van der Waals surface area contributed by atoms with Crippen LogP contribution in [0.2, 0.25) is 0 Å².